The van der Waals surface area contributed by atoms with E-state index in [4.69, 9.17) is 5.11 Å². The average molecular weight is 397 g/mol. The van der Waals surface area contributed by atoms with Gasteiger partial charge in [-0.25, -0.2) is 13.2 Å². The van der Waals surface area contributed by atoms with Crippen LogP contribution < -0.4 is 5.32 Å². The first-order valence-corrected chi connectivity index (χ1v) is 10.7. The number of nitrogens with one attached hydrogen (secondary N) is 1. The number of benzene rings is 1. The number of amides is 1. The third-order valence-electron chi connectivity index (χ3n) is 4.90. The van der Waals surface area contributed by atoms with E-state index in [-0.39, 0.29) is 40.9 Å². The highest BCUT2D eigenvalue weighted by Gasteiger charge is 2.33. The summed E-state index contributed by atoms with van der Waals surface area (Å²) in [5, 5.41) is 12.0. The SMILES string of the molecule is CCCC(C)(C)NC(=O)C1CCN(S(=O)(=O)c2ccc(C(=O)O)cc2)CC1. The highest BCUT2D eigenvalue weighted by atomic mass is 32.2. The van der Waals surface area contributed by atoms with Crippen molar-refractivity contribution < 1.29 is 23.1 Å². The standard InChI is InChI=1S/C19H28N2O5S/c1-4-11-19(2,3)20-17(22)14-9-12-21(13-10-14)27(25,26)16-7-5-15(6-8-16)18(23)24/h5-8,14H,4,9-13H2,1-3H3,(H,20,22)(H,23,24). The molecule has 1 heterocycles. The van der Waals surface area contributed by atoms with Crippen molar-refractivity contribution in [2.24, 2.45) is 5.92 Å². The lowest BCUT2D eigenvalue weighted by molar-refractivity contribution is -0.127. The number of carbonyl (C=O) groups excluding carboxylic acids is 1. The molecule has 8 heteroatoms. The molecule has 7 nitrogen and oxygen atoms in total. The minimum atomic E-state index is -3.69. The van der Waals surface area contributed by atoms with E-state index in [0.717, 1.165) is 12.8 Å². The van der Waals surface area contributed by atoms with Crippen LogP contribution in [0.25, 0.3) is 0 Å². The lowest BCUT2D eigenvalue weighted by Gasteiger charge is -2.33. The first-order valence-electron chi connectivity index (χ1n) is 9.22. The zero-order chi connectivity index (χ0) is 20.2. The van der Waals surface area contributed by atoms with Gasteiger partial charge in [-0.1, -0.05) is 13.3 Å². The fourth-order valence-electron chi connectivity index (χ4n) is 3.40. The molecule has 1 saturated heterocycles. The number of aromatic carboxylic acids is 1. The van der Waals surface area contributed by atoms with Crippen molar-refractivity contribution >= 4 is 21.9 Å². The monoisotopic (exact) mass is 396 g/mol. The summed E-state index contributed by atoms with van der Waals surface area (Å²) in [7, 11) is -3.69. The summed E-state index contributed by atoms with van der Waals surface area (Å²) in [6.45, 7) is 6.61. The zero-order valence-corrected chi connectivity index (χ0v) is 16.9. The number of rotatable bonds is 7. The number of carboxylic acids is 1. The van der Waals surface area contributed by atoms with Gasteiger partial charge < -0.3 is 10.4 Å². The van der Waals surface area contributed by atoms with Gasteiger partial charge in [0.05, 0.1) is 10.5 Å². The zero-order valence-electron chi connectivity index (χ0n) is 16.1. The van der Waals surface area contributed by atoms with Gasteiger partial charge in [0.15, 0.2) is 0 Å². The molecule has 0 atom stereocenters. The normalized spacial score (nSPS) is 16.9. The van der Waals surface area contributed by atoms with Gasteiger partial charge in [-0.2, -0.15) is 4.31 Å². The van der Waals surface area contributed by atoms with Gasteiger partial charge in [0, 0.05) is 24.5 Å². The first-order chi connectivity index (χ1) is 12.6. The van der Waals surface area contributed by atoms with E-state index in [1.54, 1.807) is 0 Å². The van der Waals surface area contributed by atoms with Crippen LogP contribution in [-0.2, 0) is 14.8 Å². The van der Waals surface area contributed by atoms with Gasteiger partial charge in [0.1, 0.15) is 0 Å². The van der Waals surface area contributed by atoms with Crippen molar-refractivity contribution in [2.75, 3.05) is 13.1 Å². The quantitative estimate of drug-likeness (QED) is 0.737. The molecular weight excluding hydrogens is 368 g/mol. The molecule has 1 aliphatic heterocycles. The maximum atomic E-state index is 12.7. The van der Waals surface area contributed by atoms with Gasteiger partial charge in [0.25, 0.3) is 0 Å². The van der Waals surface area contributed by atoms with Crippen LogP contribution in [0, 0.1) is 5.92 Å². The second-order valence-corrected chi connectivity index (χ2v) is 9.57. The lowest BCUT2D eigenvalue weighted by atomic mass is 9.93. The van der Waals surface area contributed by atoms with E-state index in [1.165, 1.54) is 28.6 Å². The molecule has 1 amide bonds. The molecule has 2 N–H and O–H groups in total. The van der Waals surface area contributed by atoms with E-state index in [0.29, 0.717) is 12.8 Å². The highest BCUT2D eigenvalue weighted by molar-refractivity contribution is 7.89. The average Bonchev–Trinajstić information content (AvgIpc) is 2.61. The number of hydrogen-bond donors (Lipinski definition) is 2. The highest BCUT2D eigenvalue weighted by Crippen LogP contribution is 2.25. The summed E-state index contributed by atoms with van der Waals surface area (Å²) < 4.78 is 26.8. The topological polar surface area (TPSA) is 104 Å². The van der Waals surface area contributed by atoms with Crippen LogP contribution >= 0.6 is 0 Å². The Kier molecular flexibility index (Phi) is 6.64. The molecule has 150 valence electrons. The van der Waals surface area contributed by atoms with Crippen molar-refractivity contribution in [1.82, 2.24) is 9.62 Å². The Bertz CT molecular complexity index is 779. The molecule has 0 aliphatic carbocycles. The Morgan fingerprint density at radius 1 is 1.19 bits per heavy atom. The second-order valence-electron chi connectivity index (χ2n) is 7.63. The smallest absolute Gasteiger partial charge is 0.335 e. The maximum Gasteiger partial charge on any atom is 0.335 e. The van der Waals surface area contributed by atoms with Crippen molar-refractivity contribution in [1.29, 1.82) is 0 Å². The molecule has 1 aliphatic rings. The lowest BCUT2D eigenvalue weighted by Crippen LogP contribution is -2.49. The van der Waals surface area contributed by atoms with E-state index >= 15 is 0 Å². The van der Waals surface area contributed by atoms with Crippen molar-refractivity contribution in [3.8, 4) is 0 Å². The molecule has 27 heavy (non-hydrogen) atoms. The number of hydrogen-bond acceptors (Lipinski definition) is 4. The van der Waals surface area contributed by atoms with Crippen LogP contribution in [0.4, 0.5) is 0 Å². The Balaban J connectivity index is 1.99. The number of nitrogens with zero attached hydrogens (tertiary/aromatic N) is 1. The second kappa shape index (κ2) is 8.39. The van der Waals surface area contributed by atoms with Crippen LogP contribution in [0.15, 0.2) is 29.2 Å². The first kappa shape index (κ1) is 21.4. The van der Waals surface area contributed by atoms with Crippen LogP contribution in [0.5, 0.6) is 0 Å². The molecule has 0 radical (unpaired) electrons. The fourth-order valence-corrected chi connectivity index (χ4v) is 4.87. The molecule has 1 fully saturated rings. The molecule has 1 aromatic rings. The number of carboxylic acid groups (broad SMARTS) is 1. The van der Waals surface area contributed by atoms with E-state index in [9.17, 15) is 18.0 Å². The van der Waals surface area contributed by atoms with Gasteiger partial charge in [-0.15, -0.1) is 0 Å². The summed E-state index contributed by atoms with van der Waals surface area (Å²) >= 11 is 0. The van der Waals surface area contributed by atoms with Gasteiger partial charge in [-0.05, 0) is 57.4 Å². The Morgan fingerprint density at radius 3 is 2.22 bits per heavy atom. The largest absolute Gasteiger partial charge is 0.478 e. The van der Waals surface area contributed by atoms with Gasteiger partial charge >= 0.3 is 5.97 Å². The summed E-state index contributed by atoms with van der Waals surface area (Å²) in [4.78, 5) is 23.5. The molecular formula is C19H28N2O5S. The Morgan fingerprint density at radius 2 is 1.74 bits per heavy atom. The van der Waals surface area contributed by atoms with Crippen LogP contribution in [0.3, 0.4) is 0 Å². The number of piperidine rings is 1. The van der Waals surface area contributed by atoms with E-state index < -0.39 is 16.0 Å². The van der Waals surface area contributed by atoms with Crippen molar-refractivity contribution in [3.05, 3.63) is 29.8 Å². The molecule has 0 spiro atoms. The molecule has 0 bridgehead atoms. The minimum absolute atomic E-state index is 0.0173. The molecule has 1 aromatic carbocycles. The predicted molar refractivity (Wildman–Crippen MR) is 102 cm³/mol. The molecule has 0 saturated carbocycles. The molecule has 0 aromatic heterocycles. The number of sulfonamides is 1. The van der Waals surface area contributed by atoms with Crippen molar-refractivity contribution in [3.63, 3.8) is 0 Å². The van der Waals surface area contributed by atoms with Gasteiger partial charge in [-0.3, -0.25) is 4.79 Å². The van der Waals surface area contributed by atoms with Crippen molar-refractivity contribution in [2.45, 2.75) is 56.9 Å². The fraction of sp³-hybridized carbons (Fsp3) is 0.579. The summed E-state index contributed by atoms with van der Waals surface area (Å²) in [5.41, 5.74) is -0.222. The third kappa shape index (κ3) is 5.29. The summed E-state index contributed by atoms with van der Waals surface area (Å²) in [5.74, 6) is -1.31. The number of carbonyl (C=O) groups is 2. The maximum absolute atomic E-state index is 12.7. The summed E-state index contributed by atoms with van der Waals surface area (Å²) in [6, 6.07) is 5.19. The summed E-state index contributed by atoms with van der Waals surface area (Å²) in [6.07, 6.45) is 2.81. The van der Waals surface area contributed by atoms with E-state index in [1.807, 2.05) is 13.8 Å². The third-order valence-corrected chi connectivity index (χ3v) is 6.81. The van der Waals surface area contributed by atoms with Crippen LogP contribution in [0.2, 0.25) is 0 Å². The van der Waals surface area contributed by atoms with Crippen LogP contribution in [0.1, 0.15) is 56.8 Å². The van der Waals surface area contributed by atoms with Gasteiger partial charge in [0.2, 0.25) is 15.9 Å². The Hall–Kier alpha value is -1.93. The predicted octanol–water partition coefficient (Wildman–Crippen LogP) is 2.48. The molecule has 2 rings (SSSR count). The molecule has 0 unspecified atom stereocenters. The Labute approximate surface area is 160 Å². The van der Waals surface area contributed by atoms with Crippen LogP contribution in [-0.4, -0.2) is 48.3 Å². The van der Waals surface area contributed by atoms with E-state index in [2.05, 4.69) is 12.2 Å². The minimum Gasteiger partial charge on any atom is -0.478 e.